The van der Waals surface area contributed by atoms with Gasteiger partial charge in [0, 0.05) is 30.6 Å². The molecule has 4 N–H and O–H groups in total. The summed E-state index contributed by atoms with van der Waals surface area (Å²) in [5, 5.41) is 13.2. The van der Waals surface area contributed by atoms with Crippen LogP contribution in [0.15, 0.2) is 41.3 Å². The van der Waals surface area contributed by atoms with Gasteiger partial charge >= 0.3 is 0 Å². The van der Waals surface area contributed by atoms with Crippen LogP contribution in [0, 0.1) is 5.92 Å². The average molecular weight is 428 g/mol. The minimum atomic E-state index is -0.0257. The lowest BCUT2D eigenvalue weighted by Gasteiger charge is -2.23. The van der Waals surface area contributed by atoms with E-state index in [0.29, 0.717) is 18.5 Å². The fraction of sp³-hybridized carbons (Fsp3) is 0.680. The van der Waals surface area contributed by atoms with Crippen LogP contribution in [0.4, 0.5) is 0 Å². The first kappa shape index (κ1) is 23.4. The van der Waals surface area contributed by atoms with Crippen LogP contribution in [0.25, 0.3) is 0 Å². The first-order valence-corrected chi connectivity index (χ1v) is 12.3. The van der Waals surface area contributed by atoms with Crippen molar-refractivity contribution in [3.63, 3.8) is 0 Å². The number of rotatable bonds is 8. The molecule has 3 rings (SSSR count). The number of carbonyl (C=O) groups is 1. The molecule has 0 saturated heterocycles. The van der Waals surface area contributed by atoms with Gasteiger partial charge in [-0.05, 0) is 44.6 Å². The maximum absolute atomic E-state index is 12.1. The summed E-state index contributed by atoms with van der Waals surface area (Å²) in [6, 6.07) is 0.555. The molecule has 6 nitrogen and oxygen atoms in total. The number of amidine groups is 1. The second-order valence-corrected chi connectivity index (χ2v) is 9.29. The van der Waals surface area contributed by atoms with Crippen LogP contribution in [0.2, 0.25) is 0 Å². The summed E-state index contributed by atoms with van der Waals surface area (Å²) in [5.74, 6) is 1.50. The number of carbonyl (C=O) groups excluding carboxylic acids is 1. The van der Waals surface area contributed by atoms with Gasteiger partial charge in [-0.15, -0.1) is 0 Å². The van der Waals surface area contributed by atoms with E-state index in [1.807, 2.05) is 12.3 Å². The van der Waals surface area contributed by atoms with Crippen LogP contribution in [-0.2, 0) is 4.79 Å². The lowest BCUT2D eigenvalue weighted by Crippen LogP contribution is -2.38. The van der Waals surface area contributed by atoms with Crippen LogP contribution in [0.5, 0.6) is 0 Å². The largest absolute Gasteiger partial charge is 0.384 e. The van der Waals surface area contributed by atoms with Crippen molar-refractivity contribution in [2.45, 2.75) is 89.6 Å². The molecule has 0 bridgehead atoms. The molecule has 172 valence electrons. The fourth-order valence-corrected chi connectivity index (χ4v) is 4.62. The van der Waals surface area contributed by atoms with E-state index >= 15 is 0 Å². The van der Waals surface area contributed by atoms with Crippen molar-refractivity contribution in [3.05, 3.63) is 36.3 Å². The van der Waals surface area contributed by atoms with Crippen molar-refractivity contribution < 1.29 is 4.79 Å². The van der Waals surface area contributed by atoms with Gasteiger partial charge in [-0.2, -0.15) is 0 Å². The van der Waals surface area contributed by atoms with Crippen molar-refractivity contribution in [2.75, 3.05) is 13.1 Å². The zero-order chi connectivity index (χ0) is 21.9. The molecular formula is C25H41N5O. The van der Waals surface area contributed by atoms with Gasteiger partial charge in [-0.3, -0.25) is 9.79 Å². The highest BCUT2D eigenvalue weighted by molar-refractivity contribution is 5.89. The lowest BCUT2D eigenvalue weighted by atomic mass is 9.89. The molecule has 31 heavy (non-hydrogen) atoms. The summed E-state index contributed by atoms with van der Waals surface area (Å²) in [5.41, 5.74) is 1.88. The van der Waals surface area contributed by atoms with E-state index in [4.69, 9.17) is 4.99 Å². The third kappa shape index (κ3) is 8.42. The Labute approximate surface area is 188 Å². The van der Waals surface area contributed by atoms with Crippen molar-refractivity contribution >= 4 is 11.7 Å². The van der Waals surface area contributed by atoms with Crippen LogP contribution in [0.1, 0.15) is 77.6 Å². The molecule has 1 atom stereocenters. The summed E-state index contributed by atoms with van der Waals surface area (Å²) < 4.78 is 0. The van der Waals surface area contributed by atoms with Crippen molar-refractivity contribution in [1.29, 1.82) is 0 Å². The van der Waals surface area contributed by atoms with Gasteiger partial charge in [-0.25, -0.2) is 0 Å². The first-order chi connectivity index (χ1) is 15.1. The van der Waals surface area contributed by atoms with Crippen LogP contribution < -0.4 is 21.3 Å². The maximum Gasteiger partial charge on any atom is 0.244 e. The fourth-order valence-electron chi connectivity index (χ4n) is 4.62. The van der Waals surface area contributed by atoms with Gasteiger partial charge in [-0.1, -0.05) is 51.5 Å². The Morgan fingerprint density at radius 3 is 2.52 bits per heavy atom. The highest BCUT2D eigenvalue weighted by atomic mass is 16.1. The van der Waals surface area contributed by atoms with Gasteiger partial charge in [0.05, 0.1) is 18.3 Å². The van der Waals surface area contributed by atoms with Crippen LogP contribution in [0.3, 0.4) is 0 Å². The quantitative estimate of drug-likeness (QED) is 0.350. The van der Waals surface area contributed by atoms with Crippen molar-refractivity contribution in [3.8, 4) is 0 Å². The Bertz CT molecular complexity index is 682. The molecule has 0 aromatic rings. The van der Waals surface area contributed by atoms with E-state index < -0.39 is 0 Å². The molecule has 2 saturated carbocycles. The SMILES string of the molecule is C=C(NC1CCCCCC1)C(C)N=C1CNC(/C=C/C(=O)NCC2CCCCC2)=CN1. The molecular weight excluding hydrogens is 386 g/mol. The molecule has 1 aliphatic heterocycles. The molecule has 0 radical (unpaired) electrons. The Morgan fingerprint density at radius 2 is 1.84 bits per heavy atom. The molecule has 6 heteroatoms. The van der Waals surface area contributed by atoms with Crippen LogP contribution in [-0.4, -0.2) is 36.9 Å². The van der Waals surface area contributed by atoms with E-state index in [1.165, 1.54) is 70.6 Å². The highest BCUT2D eigenvalue weighted by Crippen LogP contribution is 2.22. The summed E-state index contributed by atoms with van der Waals surface area (Å²) in [4.78, 5) is 16.9. The minimum absolute atomic E-state index is 0.0172. The van der Waals surface area contributed by atoms with Gasteiger partial charge in [0.2, 0.25) is 5.91 Å². The predicted molar refractivity (Wildman–Crippen MR) is 129 cm³/mol. The van der Waals surface area contributed by atoms with E-state index in [9.17, 15) is 4.79 Å². The minimum Gasteiger partial charge on any atom is -0.384 e. The maximum atomic E-state index is 12.1. The van der Waals surface area contributed by atoms with Crippen molar-refractivity contribution in [2.24, 2.45) is 10.9 Å². The van der Waals surface area contributed by atoms with Crippen LogP contribution >= 0.6 is 0 Å². The summed E-state index contributed by atoms with van der Waals surface area (Å²) in [6.45, 7) is 7.71. The third-order valence-electron chi connectivity index (χ3n) is 6.66. The second-order valence-electron chi connectivity index (χ2n) is 9.29. The normalized spacial score (nSPS) is 23.4. The predicted octanol–water partition coefficient (Wildman–Crippen LogP) is 3.89. The number of allylic oxidation sites excluding steroid dienone is 1. The number of nitrogens with zero attached hydrogens (tertiary/aromatic N) is 1. The summed E-state index contributed by atoms with van der Waals surface area (Å²) in [7, 11) is 0. The molecule has 0 aromatic heterocycles. The zero-order valence-corrected chi connectivity index (χ0v) is 19.2. The molecule has 1 heterocycles. The number of amides is 1. The van der Waals surface area contributed by atoms with E-state index in [0.717, 1.165) is 23.8 Å². The number of aliphatic imine (C=N–C) groups is 1. The Morgan fingerprint density at radius 1 is 1.16 bits per heavy atom. The zero-order valence-electron chi connectivity index (χ0n) is 19.2. The summed E-state index contributed by atoms with van der Waals surface area (Å²) >= 11 is 0. The van der Waals surface area contributed by atoms with E-state index in [-0.39, 0.29) is 11.9 Å². The number of hydrogen-bond acceptors (Lipinski definition) is 4. The monoisotopic (exact) mass is 427 g/mol. The topological polar surface area (TPSA) is 77.5 Å². The number of nitrogens with one attached hydrogen (secondary N) is 4. The number of hydrogen-bond donors (Lipinski definition) is 4. The van der Waals surface area contributed by atoms with Gasteiger partial charge in [0.1, 0.15) is 5.84 Å². The molecule has 1 amide bonds. The van der Waals surface area contributed by atoms with Crippen molar-refractivity contribution in [1.82, 2.24) is 21.3 Å². The molecule has 1 unspecified atom stereocenters. The smallest absolute Gasteiger partial charge is 0.244 e. The van der Waals surface area contributed by atoms with Gasteiger partial charge in [0.15, 0.2) is 0 Å². The van der Waals surface area contributed by atoms with E-state index in [1.54, 1.807) is 6.08 Å². The van der Waals surface area contributed by atoms with Gasteiger partial charge in [0.25, 0.3) is 0 Å². The molecule has 2 fully saturated rings. The Hall–Kier alpha value is -2.24. The lowest BCUT2D eigenvalue weighted by molar-refractivity contribution is -0.116. The Kier molecular flexibility index (Phi) is 9.50. The van der Waals surface area contributed by atoms with Gasteiger partial charge < -0.3 is 21.3 Å². The first-order valence-electron chi connectivity index (χ1n) is 12.3. The molecule has 3 aliphatic rings. The molecule has 0 aromatic carbocycles. The van der Waals surface area contributed by atoms with E-state index in [2.05, 4.69) is 34.8 Å². The second kappa shape index (κ2) is 12.6. The molecule has 0 spiro atoms. The third-order valence-corrected chi connectivity index (χ3v) is 6.66. The Balaban J connectivity index is 1.39. The standard InChI is InChI=1S/C25H41N5O/c1-19(29-22-12-8-3-4-9-13-22)20(2)30-24-18-26-23(17-27-24)14-15-25(31)28-16-21-10-6-5-7-11-21/h14-15,17,20-22,26,29H,1,3-13,16,18H2,2H3,(H,27,30)(H,28,31)/b15-14+. The molecule has 2 aliphatic carbocycles. The summed E-state index contributed by atoms with van der Waals surface area (Å²) in [6.07, 6.45) is 19.5. The highest BCUT2D eigenvalue weighted by Gasteiger charge is 2.16. The average Bonchev–Trinajstić information content (AvgIpc) is 3.06.